The topological polar surface area (TPSA) is 66.0 Å². The first-order valence-electron chi connectivity index (χ1n) is 9.65. The summed E-state index contributed by atoms with van der Waals surface area (Å²) in [6, 6.07) is 16.1. The van der Waals surface area contributed by atoms with E-state index in [4.69, 9.17) is 4.74 Å². The number of rotatable bonds is 6. The summed E-state index contributed by atoms with van der Waals surface area (Å²) in [5.41, 5.74) is 3.35. The third-order valence-corrected chi connectivity index (χ3v) is 4.89. The van der Waals surface area contributed by atoms with Gasteiger partial charge in [0.1, 0.15) is 5.75 Å². The zero-order chi connectivity index (χ0) is 19.9. The quantitative estimate of drug-likeness (QED) is 0.271. The van der Waals surface area contributed by atoms with Crippen LogP contribution in [0.3, 0.4) is 0 Å². The van der Waals surface area contributed by atoms with Crippen LogP contribution in [0.4, 0.5) is 5.69 Å². The average molecular weight is 508 g/mol. The lowest BCUT2D eigenvalue weighted by molar-refractivity contribution is -0.121. The van der Waals surface area contributed by atoms with Gasteiger partial charge in [0.2, 0.25) is 0 Å². The maximum Gasteiger partial charge on any atom is 0.265 e. The SMILES string of the molecule is CN=C(NCCCN1C(=O)COc2ccccc21)NC(C)c1ccccc1C.I. The van der Waals surface area contributed by atoms with Crippen molar-refractivity contribution in [2.45, 2.75) is 26.3 Å². The van der Waals surface area contributed by atoms with E-state index in [2.05, 4.69) is 41.6 Å². The van der Waals surface area contributed by atoms with Crippen molar-refractivity contribution in [2.75, 3.05) is 31.6 Å². The zero-order valence-corrected chi connectivity index (χ0v) is 19.5. The molecular formula is C22H29IN4O2. The molecule has 6 nitrogen and oxygen atoms in total. The number of aliphatic imine (C=N–C) groups is 1. The lowest BCUT2D eigenvalue weighted by Crippen LogP contribution is -2.42. The standard InChI is InChI=1S/C22H28N4O2.HI/c1-16-9-4-5-10-18(16)17(2)25-22(23-3)24-13-8-14-26-19-11-6-7-12-20(19)28-15-21(26)27;/h4-7,9-12,17H,8,13-15H2,1-3H3,(H2,23,24,25);1H. The summed E-state index contributed by atoms with van der Waals surface area (Å²) >= 11 is 0. The van der Waals surface area contributed by atoms with E-state index in [9.17, 15) is 4.79 Å². The molecule has 2 N–H and O–H groups in total. The molecule has 7 heteroatoms. The average Bonchev–Trinajstić information content (AvgIpc) is 2.71. The third kappa shape index (κ3) is 5.85. The van der Waals surface area contributed by atoms with E-state index >= 15 is 0 Å². The van der Waals surface area contributed by atoms with Gasteiger partial charge in [0.15, 0.2) is 12.6 Å². The number of carbonyl (C=O) groups excluding carboxylic acids is 1. The molecule has 0 aromatic heterocycles. The molecule has 0 saturated heterocycles. The Labute approximate surface area is 189 Å². The minimum absolute atomic E-state index is 0. The fourth-order valence-electron chi connectivity index (χ4n) is 3.39. The Kier molecular flexibility index (Phi) is 8.75. The smallest absolute Gasteiger partial charge is 0.265 e. The van der Waals surface area contributed by atoms with Gasteiger partial charge < -0.3 is 20.3 Å². The number of nitrogens with one attached hydrogen (secondary N) is 2. The maximum atomic E-state index is 12.2. The van der Waals surface area contributed by atoms with E-state index in [-0.39, 0.29) is 42.5 Å². The highest BCUT2D eigenvalue weighted by Gasteiger charge is 2.24. The number of halogens is 1. The summed E-state index contributed by atoms with van der Waals surface area (Å²) in [5, 5.41) is 6.76. The molecule has 1 unspecified atom stereocenters. The van der Waals surface area contributed by atoms with Crippen molar-refractivity contribution in [1.29, 1.82) is 0 Å². The van der Waals surface area contributed by atoms with Crippen LogP contribution in [-0.4, -0.2) is 38.6 Å². The molecule has 1 atom stereocenters. The van der Waals surface area contributed by atoms with Gasteiger partial charge in [-0.05, 0) is 43.5 Å². The second-order valence-electron chi connectivity index (χ2n) is 6.88. The van der Waals surface area contributed by atoms with Crippen LogP contribution in [0.25, 0.3) is 0 Å². The molecule has 0 bridgehead atoms. The van der Waals surface area contributed by atoms with Crippen LogP contribution in [0.15, 0.2) is 53.5 Å². The molecule has 1 amide bonds. The van der Waals surface area contributed by atoms with E-state index in [1.165, 1.54) is 11.1 Å². The molecule has 0 radical (unpaired) electrons. The summed E-state index contributed by atoms with van der Waals surface area (Å²) in [6.07, 6.45) is 0.805. The molecule has 0 spiro atoms. The van der Waals surface area contributed by atoms with E-state index in [1.807, 2.05) is 36.4 Å². The van der Waals surface area contributed by atoms with Gasteiger partial charge in [-0.3, -0.25) is 9.79 Å². The summed E-state index contributed by atoms with van der Waals surface area (Å²) < 4.78 is 5.49. The molecule has 0 fully saturated rings. The number of fused-ring (bicyclic) bond motifs is 1. The van der Waals surface area contributed by atoms with Gasteiger partial charge in [0.05, 0.1) is 11.7 Å². The highest BCUT2D eigenvalue weighted by molar-refractivity contribution is 14.0. The lowest BCUT2D eigenvalue weighted by atomic mass is 10.0. The van der Waals surface area contributed by atoms with Crippen molar-refractivity contribution in [3.8, 4) is 5.75 Å². The predicted octanol–water partition coefficient (Wildman–Crippen LogP) is 3.65. The van der Waals surface area contributed by atoms with E-state index in [0.717, 1.165) is 23.8 Å². The molecule has 1 heterocycles. The van der Waals surface area contributed by atoms with Crippen LogP contribution in [0.2, 0.25) is 0 Å². The Morgan fingerprint density at radius 1 is 1.21 bits per heavy atom. The van der Waals surface area contributed by atoms with Crippen LogP contribution < -0.4 is 20.3 Å². The van der Waals surface area contributed by atoms with Crippen LogP contribution in [0.1, 0.15) is 30.5 Å². The number of amides is 1. The Morgan fingerprint density at radius 2 is 1.93 bits per heavy atom. The van der Waals surface area contributed by atoms with Gasteiger partial charge >= 0.3 is 0 Å². The molecule has 0 aliphatic carbocycles. The van der Waals surface area contributed by atoms with Gasteiger partial charge in [-0.25, -0.2) is 0 Å². The number of benzene rings is 2. The Bertz CT molecular complexity index is 856. The number of ether oxygens (including phenoxy) is 1. The van der Waals surface area contributed by atoms with Crippen LogP contribution in [0, 0.1) is 6.92 Å². The van der Waals surface area contributed by atoms with Crippen molar-refractivity contribution in [3.63, 3.8) is 0 Å². The van der Waals surface area contributed by atoms with Crippen molar-refractivity contribution < 1.29 is 9.53 Å². The molecule has 3 rings (SSSR count). The summed E-state index contributed by atoms with van der Waals surface area (Å²) in [6.45, 7) is 5.69. The fraction of sp³-hybridized carbons (Fsp3) is 0.364. The molecule has 156 valence electrons. The second kappa shape index (κ2) is 11.0. The number of guanidine groups is 1. The minimum Gasteiger partial charge on any atom is -0.482 e. The molecule has 29 heavy (non-hydrogen) atoms. The Balaban J connectivity index is 0.00000300. The van der Waals surface area contributed by atoms with Gasteiger partial charge in [-0.15, -0.1) is 24.0 Å². The molecule has 1 aliphatic rings. The second-order valence-corrected chi connectivity index (χ2v) is 6.88. The highest BCUT2D eigenvalue weighted by atomic mass is 127. The first-order valence-corrected chi connectivity index (χ1v) is 9.65. The first-order chi connectivity index (χ1) is 13.6. The third-order valence-electron chi connectivity index (χ3n) is 4.89. The number of anilines is 1. The molecule has 2 aromatic carbocycles. The van der Waals surface area contributed by atoms with Crippen molar-refractivity contribution in [2.24, 2.45) is 4.99 Å². The van der Waals surface area contributed by atoms with Gasteiger partial charge in [-0.2, -0.15) is 0 Å². The Hall–Kier alpha value is -2.29. The highest BCUT2D eigenvalue weighted by Crippen LogP contribution is 2.31. The number of aryl methyl sites for hydroxylation is 1. The summed E-state index contributed by atoms with van der Waals surface area (Å²) in [5.74, 6) is 1.51. The van der Waals surface area contributed by atoms with E-state index < -0.39 is 0 Å². The van der Waals surface area contributed by atoms with Gasteiger partial charge in [0, 0.05) is 20.1 Å². The normalized spacial score (nSPS) is 14.4. The van der Waals surface area contributed by atoms with E-state index in [1.54, 1.807) is 11.9 Å². The van der Waals surface area contributed by atoms with Gasteiger partial charge in [-0.1, -0.05) is 36.4 Å². The Morgan fingerprint density at radius 3 is 2.69 bits per heavy atom. The fourth-order valence-corrected chi connectivity index (χ4v) is 3.39. The minimum atomic E-state index is -0.00520. The summed E-state index contributed by atoms with van der Waals surface area (Å²) in [4.78, 5) is 18.3. The zero-order valence-electron chi connectivity index (χ0n) is 17.1. The summed E-state index contributed by atoms with van der Waals surface area (Å²) in [7, 11) is 1.77. The van der Waals surface area contributed by atoms with Crippen LogP contribution in [0.5, 0.6) is 5.75 Å². The molecule has 0 saturated carbocycles. The van der Waals surface area contributed by atoms with Crippen molar-refractivity contribution >= 4 is 41.5 Å². The molecular weight excluding hydrogens is 479 g/mol. The number of hydrogen-bond donors (Lipinski definition) is 2. The molecule has 2 aromatic rings. The maximum absolute atomic E-state index is 12.2. The van der Waals surface area contributed by atoms with Crippen molar-refractivity contribution in [1.82, 2.24) is 10.6 Å². The lowest BCUT2D eigenvalue weighted by Gasteiger charge is -2.29. The largest absolute Gasteiger partial charge is 0.482 e. The van der Waals surface area contributed by atoms with Crippen molar-refractivity contribution in [3.05, 3.63) is 59.7 Å². The first kappa shape index (κ1) is 23.0. The van der Waals surface area contributed by atoms with E-state index in [0.29, 0.717) is 13.1 Å². The van der Waals surface area contributed by atoms with Crippen LogP contribution in [-0.2, 0) is 4.79 Å². The number of para-hydroxylation sites is 2. The van der Waals surface area contributed by atoms with Crippen LogP contribution >= 0.6 is 24.0 Å². The number of nitrogens with zero attached hydrogens (tertiary/aromatic N) is 2. The number of carbonyl (C=O) groups is 1. The predicted molar refractivity (Wildman–Crippen MR) is 128 cm³/mol. The monoisotopic (exact) mass is 508 g/mol. The number of hydrogen-bond acceptors (Lipinski definition) is 3. The van der Waals surface area contributed by atoms with Gasteiger partial charge in [0.25, 0.3) is 5.91 Å². The molecule has 1 aliphatic heterocycles.